The minimum Gasteiger partial charge on any atom is -0.396 e. The lowest BCUT2D eigenvalue weighted by Crippen LogP contribution is -2.03. The molecule has 0 spiro atoms. The van der Waals surface area contributed by atoms with E-state index >= 15 is 0 Å². The smallest absolute Gasteiger partial charge is 0.0457 e. The van der Waals surface area contributed by atoms with Crippen molar-refractivity contribution < 1.29 is 5.11 Å². The lowest BCUT2D eigenvalue weighted by Gasteiger charge is -2.16. The number of rotatable bonds is 4. The molecule has 0 amide bonds. The van der Waals surface area contributed by atoms with Crippen LogP contribution in [-0.4, -0.2) is 16.7 Å². The van der Waals surface area contributed by atoms with Crippen molar-refractivity contribution in [3.63, 3.8) is 0 Å². The quantitative estimate of drug-likeness (QED) is 0.729. The van der Waals surface area contributed by atoms with Gasteiger partial charge in [-0.25, -0.2) is 0 Å². The number of aromatic nitrogens is 1. The van der Waals surface area contributed by atoms with Gasteiger partial charge in [0.25, 0.3) is 0 Å². The Hall–Kier alpha value is -1.58. The van der Waals surface area contributed by atoms with Gasteiger partial charge in [-0.05, 0) is 35.7 Å². The van der Waals surface area contributed by atoms with E-state index in [2.05, 4.69) is 51.4 Å². The van der Waals surface area contributed by atoms with Gasteiger partial charge < -0.3 is 10.1 Å². The van der Waals surface area contributed by atoms with E-state index < -0.39 is 0 Å². The molecule has 2 aromatic carbocycles. The fraction of sp³-hybridized carbons (Fsp3) is 0.176. The summed E-state index contributed by atoms with van der Waals surface area (Å²) in [6.07, 6.45) is 2.79. The molecule has 3 rings (SSSR count). The summed E-state index contributed by atoms with van der Waals surface area (Å²) >= 11 is 3.53. The summed E-state index contributed by atoms with van der Waals surface area (Å²) in [5.74, 6) is 0.212. The third-order valence-corrected chi connectivity index (χ3v) is 4.16. The van der Waals surface area contributed by atoms with Gasteiger partial charge in [0.2, 0.25) is 0 Å². The fourth-order valence-corrected chi connectivity index (χ4v) is 3.08. The Morgan fingerprint density at radius 1 is 1.10 bits per heavy atom. The van der Waals surface area contributed by atoms with Crippen molar-refractivity contribution in [2.75, 3.05) is 6.61 Å². The predicted molar refractivity (Wildman–Crippen MR) is 86.0 cm³/mol. The number of aromatic amines is 1. The summed E-state index contributed by atoms with van der Waals surface area (Å²) in [7, 11) is 0. The van der Waals surface area contributed by atoms with E-state index in [1.807, 2.05) is 24.3 Å². The Labute approximate surface area is 126 Å². The molecule has 2 N–H and O–H groups in total. The van der Waals surface area contributed by atoms with Gasteiger partial charge in [-0.2, -0.15) is 0 Å². The highest BCUT2D eigenvalue weighted by Crippen LogP contribution is 2.34. The highest BCUT2D eigenvalue weighted by molar-refractivity contribution is 9.10. The highest BCUT2D eigenvalue weighted by Gasteiger charge is 2.17. The van der Waals surface area contributed by atoms with Crippen LogP contribution in [0.5, 0.6) is 0 Å². The van der Waals surface area contributed by atoms with Crippen LogP contribution in [0.3, 0.4) is 0 Å². The third-order valence-electron chi connectivity index (χ3n) is 3.67. The fourth-order valence-electron chi connectivity index (χ4n) is 2.72. The number of H-pyrrole nitrogens is 1. The van der Waals surface area contributed by atoms with E-state index in [1.54, 1.807) is 0 Å². The summed E-state index contributed by atoms with van der Waals surface area (Å²) in [6, 6.07) is 16.6. The second-order valence-corrected chi connectivity index (χ2v) is 5.83. The van der Waals surface area contributed by atoms with E-state index in [9.17, 15) is 5.11 Å². The highest BCUT2D eigenvalue weighted by atomic mass is 79.9. The molecule has 0 radical (unpaired) electrons. The number of aliphatic hydroxyl groups excluding tert-OH is 1. The van der Waals surface area contributed by atoms with E-state index in [0.717, 1.165) is 16.4 Å². The standard InChI is InChI=1S/C17H16BrNO/c18-13-6-7-17-15(10-13)16(11-19-17)14(8-9-20)12-4-2-1-3-5-12/h1-7,10-11,14,19-20H,8-9H2/t14-/m0/s1. The van der Waals surface area contributed by atoms with Crippen LogP contribution >= 0.6 is 15.9 Å². The second kappa shape index (κ2) is 5.81. The van der Waals surface area contributed by atoms with Crippen LogP contribution in [0.25, 0.3) is 10.9 Å². The van der Waals surface area contributed by atoms with Crippen molar-refractivity contribution >= 4 is 26.8 Å². The van der Waals surface area contributed by atoms with E-state index in [-0.39, 0.29) is 12.5 Å². The summed E-state index contributed by atoms with van der Waals surface area (Å²) in [6.45, 7) is 0.181. The molecular formula is C17H16BrNO. The van der Waals surface area contributed by atoms with Gasteiger partial charge in [0.15, 0.2) is 0 Å². The molecule has 1 heterocycles. The predicted octanol–water partition coefficient (Wildman–Crippen LogP) is 4.44. The van der Waals surface area contributed by atoms with Crippen LogP contribution in [-0.2, 0) is 0 Å². The average molecular weight is 330 g/mol. The molecule has 0 saturated carbocycles. The first-order valence-corrected chi connectivity index (χ1v) is 7.51. The molecule has 0 aliphatic heterocycles. The largest absolute Gasteiger partial charge is 0.396 e. The van der Waals surface area contributed by atoms with Crippen molar-refractivity contribution in [1.29, 1.82) is 0 Å². The molecule has 1 aromatic heterocycles. The number of hydrogen-bond donors (Lipinski definition) is 2. The van der Waals surface area contributed by atoms with E-state index in [1.165, 1.54) is 16.5 Å². The second-order valence-electron chi connectivity index (χ2n) is 4.91. The minimum atomic E-state index is 0.181. The van der Waals surface area contributed by atoms with Crippen LogP contribution in [0, 0.1) is 0 Å². The van der Waals surface area contributed by atoms with Crippen LogP contribution in [0.15, 0.2) is 59.2 Å². The van der Waals surface area contributed by atoms with Crippen LogP contribution in [0.4, 0.5) is 0 Å². The Morgan fingerprint density at radius 2 is 1.90 bits per heavy atom. The molecule has 1 atom stereocenters. The maximum atomic E-state index is 9.40. The van der Waals surface area contributed by atoms with Gasteiger partial charge in [-0.1, -0.05) is 46.3 Å². The topological polar surface area (TPSA) is 36.0 Å². The molecule has 102 valence electrons. The lowest BCUT2D eigenvalue weighted by molar-refractivity contribution is 0.282. The minimum absolute atomic E-state index is 0.181. The van der Waals surface area contributed by atoms with Crippen molar-refractivity contribution in [1.82, 2.24) is 4.98 Å². The zero-order chi connectivity index (χ0) is 13.9. The lowest BCUT2D eigenvalue weighted by atomic mass is 9.88. The average Bonchev–Trinajstić information content (AvgIpc) is 2.88. The third kappa shape index (κ3) is 2.51. The van der Waals surface area contributed by atoms with Gasteiger partial charge in [0.1, 0.15) is 0 Å². The van der Waals surface area contributed by atoms with Crippen molar-refractivity contribution in [2.24, 2.45) is 0 Å². The zero-order valence-corrected chi connectivity index (χ0v) is 12.6. The SMILES string of the molecule is OCC[C@@H](c1ccccc1)c1c[nH]c2ccc(Br)cc12. The first-order chi connectivity index (χ1) is 9.79. The Kier molecular flexibility index (Phi) is 3.90. The first kappa shape index (κ1) is 13.4. The molecule has 3 aromatic rings. The Morgan fingerprint density at radius 3 is 2.65 bits per heavy atom. The van der Waals surface area contributed by atoms with Crippen molar-refractivity contribution in [3.8, 4) is 0 Å². The molecule has 0 unspecified atom stereocenters. The zero-order valence-electron chi connectivity index (χ0n) is 11.0. The molecule has 3 heteroatoms. The Balaban J connectivity index is 2.12. The Bertz CT molecular complexity index is 705. The van der Waals surface area contributed by atoms with Crippen LogP contribution in [0.1, 0.15) is 23.5 Å². The number of benzene rings is 2. The molecule has 2 nitrogen and oxygen atoms in total. The molecule has 0 fully saturated rings. The van der Waals surface area contributed by atoms with Crippen LogP contribution in [0.2, 0.25) is 0 Å². The number of halogens is 1. The van der Waals surface area contributed by atoms with Crippen LogP contribution < -0.4 is 0 Å². The van der Waals surface area contributed by atoms with Gasteiger partial charge in [-0.3, -0.25) is 0 Å². The van der Waals surface area contributed by atoms with E-state index in [0.29, 0.717) is 0 Å². The van der Waals surface area contributed by atoms with Gasteiger partial charge in [0.05, 0.1) is 0 Å². The molecule has 0 aliphatic rings. The monoisotopic (exact) mass is 329 g/mol. The molecule has 20 heavy (non-hydrogen) atoms. The van der Waals surface area contributed by atoms with Crippen molar-refractivity contribution in [3.05, 3.63) is 70.3 Å². The number of aliphatic hydroxyl groups is 1. The van der Waals surface area contributed by atoms with Crippen molar-refractivity contribution in [2.45, 2.75) is 12.3 Å². The summed E-state index contributed by atoms with van der Waals surface area (Å²) in [5, 5.41) is 10.6. The molecule has 0 aliphatic carbocycles. The number of hydrogen-bond acceptors (Lipinski definition) is 1. The van der Waals surface area contributed by atoms with Gasteiger partial charge in [0, 0.05) is 34.1 Å². The van der Waals surface area contributed by atoms with Gasteiger partial charge >= 0.3 is 0 Å². The molecule has 0 saturated heterocycles. The van der Waals surface area contributed by atoms with Gasteiger partial charge in [-0.15, -0.1) is 0 Å². The number of fused-ring (bicyclic) bond motifs is 1. The maximum absolute atomic E-state index is 9.40. The summed E-state index contributed by atoms with van der Waals surface area (Å²) in [4.78, 5) is 3.32. The normalized spacial score (nSPS) is 12.7. The first-order valence-electron chi connectivity index (χ1n) is 6.72. The number of nitrogens with one attached hydrogen (secondary N) is 1. The summed E-state index contributed by atoms with van der Waals surface area (Å²) in [5.41, 5.74) is 3.60. The maximum Gasteiger partial charge on any atom is 0.0457 e. The summed E-state index contributed by atoms with van der Waals surface area (Å²) < 4.78 is 1.07. The molecular weight excluding hydrogens is 314 g/mol. The van der Waals surface area contributed by atoms with E-state index in [4.69, 9.17) is 0 Å². The molecule has 0 bridgehead atoms.